The molecule has 0 fully saturated rings. The van der Waals surface area contributed by atoms with E-state index in [2.05, 4.69) is 73.1 Å². The van der Waals surface area contributed by atoms with Gasteiger partial charge in [-0.1, -0.05) is 29.8 Å². The largest absolute Gasteiger partial charge is 0.478 e. The van der Waals surface area contributed by atoms with Gasteiger partial charge in [0.05, 0.1) is 12.8 Å². The summed E-state index contributed by atoms with van der Waals surface area (Å²) < 4.78 is 8.19. The highest BCUT2D eigenvalue weighted by Gasteiger charge is 2.26. The molecule has 1 amide bonds. The predicted molar refractivity (Wildman–Crippen MR) is 121 cm³/mol. The number of nitrogens with one attached hydrogen (secondary N) is 1. The molecule has 0 bridgehead atoms. The van der Waals surface area contributed by atoms with Crippen LogP contribution in [0.25, 0.3) is 0 Å². The molecule has 0 radical (unpaired) electrons. The molecule has 2 aromatic rings. The van der Waals surface area contributed by atoms with Gasteiger partial charge in [0.25, 0.3) is 0 Å². The van der Waals surface area contributed by atoms with Gasteiger partial charge in [0.2, 0.25) is 12.0 Å². The fourth-order valence-electron chi connectivity index (χ4n) is 2.18. The van der Waals surface area contributed by atoms with Gasteiger partial charge in [-0.15, -0.1) is 0 Å². The molecule has 1 unspecified atom stereocenters. The summed E-state index contributed by atoms with van der Waals surface area (Å²) in [6, 6.07) is 9.07. The highest BCUT2D eigenvalue weighted by Crippen LogP contribution is 2.39. The molecule has 8 heteroatoms. The average molecular weight is 677 g/mol. The lowest BCUT2D eigenvalue weighted by molar-refractivity contribution is -0.145. The minimum Gasteiger partial charge on any atom is -0.478 e. The van der Waals surface area contributed by atoms with E-state index in [0.29, 0.717) is 20.6 Å². The first kappa shape index (κ1) is 20.7. The molecule has 2 N–H and O–H groups in total. The number of halogens is 3. The molecule has 0 aromatic heterocycles. The maximum atomic E-state index is 11.8. The molecule has 0 heterocycles. The van der Waals surface area contributed by atoms with Gasteiger partial charge in [0, 0.05) is 16.1 Å². The van der Waals surface area contributed by atoms with E-state index in [-0.39, 0.29) is 5.91 Å². The van der Waals surface area contributed by atoms with Crippen molar-refractivity contribution in [2.75, 3.05) is 5.32 Å². The molecule has 0 aliphatic rings. The fourth-order valence-corrected chi connectivity index (χ4v) is 6.08. The molecule has 0 saturated heterocycles. The van der Waals surface area contributed by atoms with E-state index in [1.807, 2.05) is 19.1 Å². The highest BCUT2D eigenvalue weighted by atomic mass is 127. The Morgan fingerprint density at radius 1 is 1.16 bits per heavy atom. The lowest BCUT2D eigenvalue weighted by atomic mass is 10.1. The zero-order valence-corrected chi connectivity index (χ0v) is 19.7. The Labute approximate surface area is 186 Å². The second kappa shape index (κ2) is 8.84. The number of ether oxygens (including phenoxy) is 1. The smallest absolute Gasteiger partial charge is 0.349 e. The third kappa shape index (κ3) is 5.18. The summed E-state index contributed by atoms with van der Waals surface area (Å²) in [6.45, 7) is 3.33. The number of carbonyl (C=O) groups excluding carboxylic acids is 1. The van der Waals surface area contributed by atoms with E-state index in [1.54, 1.807) is 18.2 Å². The van der Waals surface area contributed by atoms with Crippen LogP contribution >= 0.6 is 67.8 Å². The fraction of sp³-hybridized carbons (Fsp3) is 0.176. The number of aliphatic carboxylic acids is 1. The molecule has 2 aromatic carbocycles. The first-order valence-electron chi connectivity index (χ1n) is 7.11. The monoisotopic (exact) mass is 677 g/mol. The van der Waals surface area contributed by atoms with Crippen molar-refractivity contribution >= 4 is 85.3 Å². The highest BCUT2D eigenvalue weighted by molar-refractivity contribution is 14.1. The standard InChI is InChI=1S/C17H14I3NO4/c1-8-4-3-5-10(6-8)15(17(23)24)25-16-12(19)7-11(18)14(13(16)20)21-9(2)22/h3-7,15H,1-2H3,(H,21,22)(H,23,24). The second-order valence-electron chi connectivity index (χ2n) is 5.29. The lowest BCUT2D eigenvalue weighted by Gasteiger charge is -2.20. The number of benzene rings is 2. The van der Waals surface area contributed by atoms with Crippen LogP contribution in [-0.4, -0.2) is 17.0 Å². The molecule has 132 valence electrons. The first-order chi connectivity index (χ1) is 11.7. The van der Waals surface area contributed by atoms with E-state index in [9.17, 15) is 14.7 Å². The van der Waals surface area contributed by atoms with Gasteiger partial charge in [-0.2, -0.15) is 0 Å². The van der Waals surface area contributed by atoms with Gasteiger partial charge in [-0.05, 0) is 80.8 Å². The molecule has 0 saturated carbocycles. The molecule has 2 rings (SSSR count). The Kier molecular flexibility index (Phi) is 7.31. The number of anilines is 1. The van der Waals surface area contributed by atoms with Crippen LogP contribution in [0, 0.1) is 17.6 Å². The van der Waals surface area contributed by atoms with Crippen LogP contribution in [0.3, 0.4) is 0 Å². The molecule has 25 heavy (non-hydrogen) atoms. The SMILES string of the molecule is CC(=O)Nc1c(I)cc(I)c(OC(C(=O)O)c2cccc(C)c2)c1I. The van der Waals surface area contributed by atoms with E-state index < -0.39 is 12.1 Å². The number of aryl methyl sites for hydroxylation is 1. The first-order valence-corrected chi connectivity index (χ1v) is 10.4. The average Bonchev–Trinajstić information content (AvgIpc) is 2.50. The van der Waals surface area contributed by atoms with Crippen molar-refractivity contribution in [1.82, 2.24) is 0 Å². The summed E-state index contributed by atoms with van der Waals surface area (Å²) in [7, 11) is 0. The third-order valence-electron chi connectivity index (χ3n) is 3.23. The van der Waals surface area contributed by atoms with Gasteiger partial charge >= 0.3 is 5.97 Å². The van der Waals surface area contributed by atoms with Crippen LogP contribution in [0.1, 0.15) is 24.2 Å². The molecule has 0 aliphatic heterocycles. The Bertz CT molecular complexity index is 839. The van der Waals surface area contributed by atoms with E-state index in [4.69, 9.17) is 4.74 Å². The van der Waals surface area contributed by atoms with Crippen molar-refractivity contribution in [2.45, 2.75) is 20.0 Å². The maximum Gasteiger partial charge on any atom is 0.349 e. The number of carboxylic acid groups (broad SMARTS) is 1. The van der Waals surface area contributed by atoms with Gasteiger partial charge in [0.15, 0.2) is 0 Å². The van der Waals surface area contributed by atoms with Crippen molar-refractivity contribution in [3.05, 3.63) is 52.2 Å². The van der Waals surface area contributed by atoms with Crippen LogP contribution in [0.5, 0.6) is 5.75 Å². The Hall–Kier alpha value is -0.630. The van der Waals surface area contributed by atoms with Gasteiger partial charge in [0.1, 0.15) is 5.75 Å². The van der Waals surface area contributed by atoms with Crippen molar-refractivity contribution in [1.29, 1.82) is 0 Å². The number of carbonyl (C=O) groups is 2. The minimum absolute atomic E-state index is 0.198. The molecule has 5 nitrogen and oxygen atoms in total. The summed E-state index contributed by atoms with van der Waals surface area (Å²) in [5, 5.41) is 12.4. The number of amides is 1. The van der Waals surface area contributed by atoms with Crippen LogP contribution in [0.15, 0.2) is 30.3 Å². The van der Waals surface area contributed by atoms with Crippen LogP contribution in [-0.2, 0) is 9.59 Å². The molecule has 1 atom stereocenters. The van der Waals surface area contributed by atoms with Gasteiger partial charge in [-0.3, -0.25) is 4.79 Å². The Morgan fingerprint density at radius 3 is 2.40 bits per heavy atom. The Balaban J connectivity index is 2.49. The number of hydrogen-bond acceptors (Lipinski definition) is 3. The van der Waals surface area contributed by atoms with E-state index >= 15 is 0 Å². The number of hydrogen-bond donors (Lipinski definition) is 2. The minimum atomic E-state index is -1.13. The van der Waals surface area contributed by atoms with Crippen LogP contribution < -0.4 is 10.1 Å². The quantitative estimate of drug-likeness (QED) is 0.439. The van der Waals surface area contributed by atoms with Gasteiger partial charge < -0.3 is 15.2 Å². The summed E-state index contributed by atoms with van der Waals surface area (Å²) >= 11 is 6.30. The molecular formula is C17H14I3NO4. The molecular weight excluding hydrogens is 663 g/mol. The van der Waals surface area contributed by atoms with E-state index in [1.165, 1.54) is 6.92 Å². The van der Waals surface area contributed by atoms with Crippen molar-refractivity contribution < 1.29 is 19.4 Å². The van der Waals surface area contributed by atoms with Gasteiger partial charge in [-0.25, -0.2) is 4.79 Å². The lowest BCUT2D eigenvalue weighted by Crippen LogP contribution is -2.20. The second-order valence-corrected chi connectivity index (χ2v) is 8.69. The molecule has 0 spiro atoms. The predicted octanol–water partition coefficient (Wildman–Crippen LogP) is 4.97. The zero-order chi connectivity index (χ0) is 18.7. The van der Waals surface area contributed by atoms with Crippen LogP contribution in [0.4, 0.5) is 5.69 Å². The number of carboxylic acids is 1. The summed E-state index contributed by atoms with van der Waals surface area (Å²) in [4.78, 5) is 23.2. The number of rotatable bonds is 5. The van der Waals surface area contributed by atoms with Crippen LogP contribution in [0.2, 0.25) is 0 Å². The molecule has 0 aliphatic carbocycles. The van der Waals surface area contributed by atoms with Crippen molar-refractivity contribution in [3.63, 3.8) is 0 Å². The van der Waals surface area contributed by atoms with Crippen molar-refractivity contribution in [2.24, 2.45) is 0 Å². The normalized spacial score (nSPS) is 11.7. The van der Waals surface area contributed by atoms with Crippen molar-refractivity contribution in [3.8, 4) is 5.75 Å². The maximum absolute atomic E-state index is 11.8. The third-order valence-corrected chi connectivity index (χ3v) is 5.92. The summed E-state index contributed by atoms with van der Waals surface area (Å²) in [6.07, 6.45) is -1.13. The zero-order valence-electron chi connectivity index (χ0n) is 13.3. The summed E-state index contributed by atoms with van der Waals surface area (Å²) in [5.74, 6) is -0.826. The Morgan fingerprint density at radius 2 is 1.84 bits per heavy atom. The van der Waals surface area contributed by atoms with E-state index in [0.717, 1.165) is 12.7 Å². The summed E-state index contributed by atoms with van der Waals surface area (Å²) in [5.41, 5.74) is 2.15. The topological polar surface area (TPSA) is 75.6 Å².